The third kappa shape index (κ3) is 4.18. The molecule has 1 nitrogen and oxygen atoms in total. The monoisotopic (exact) mass is 237 g/mol. The van der Waals surface area contributed by atoms with Crippen molar-refractivity contribution in [3.8, 4) is 0 Å². The highest BCUT2D eigenvalue weighted by atomic mass is 32.2. The summed E-state index contributed by atoms with van der Waals surface area (Å²) >= 11 is 1.78. The molecule has 0 aliphatic carbocycles. The lowest BCUT2D eigenvalue weighted by Crippen LogP contribution is -2.15. The Morgan fingerprint density at radius 1 is 1.25 bits per heavy atom. The summed E-state index contributed by atoms with van der Waals surface area (Å²) in [5.74, 6) is 0. The molecule has 1 aromatic carbocycles. The van der Waals surface area contributed by atoms with E-state index in [1.54, 1.807) is 11.8 Å². The van der Waals surface area contributed by atoms with Crippen molar-refractivity contribution in [2.45, 2.75) is 44.6 Å². The van der Waals surface area contributed by atoms with E-state index < -0.39 is 0 Å². The van der Waals surface area contributed by atoms with E-state index in [-0.39, 0.29) is 6.04 Å². The molecule has 90 valence electrons. The van der Waals surface area contributed by atoms with Gasteiger partial charge in [-0.3, -0.25) is 0 Å². The van der Waals surface area contributed by atoms with Crippen LogP contribution in [0.3, 0.4) is 0 Å². The standard InChI is InChI=1S/C14H23NS/c1-14(2,3)10-9-12(15)11-7-5-6-8-13(11)16-4/h5-8,12H,9-10,15H2,1-4H3. The van der Waals surface area contributed by atoms with Crippen LogP contribution in [0.1, 0.15) is 45.2 Å². The molecule has 0 fully saturated rings. The zero-order valence-corrected chi connectivity index (χ0v) is 11.6. The predicted molar refractivity (Wildman–Crippen MR) is 73.8 cm³/mol. The third-order valence-corrected chi connectivity index (χ3v) is 3.56. The first-order valence-electron chi connectivity index (χ1n) is 5.82. The van der Waals surface area contributed by atoms with Gasteiger partial charge in [0, 0.05) is 10.9 Å². The quantitative estimate of drug-likeness (QED) is 0.793. The van der Waals surface area contributed by atoms with E-state index in [4.69, 9.17) is 5.73 Å². The van der Waals surface area contributed by atoms with Crippen molar-refractivity contribution in [2.24, 2.45) is 11.1 Å². The molecule has 1 rings (SSSR count). The molecule has 0 amide bonds. The van der Waals surface area contributed by atoms with Gasteiger partial charge in [0.1, 0.15) is 0 Å². The summed E-state index contributed by atoms with van der Waals surface area (Å²) in [6.07, 6.45) is 4.33. The summed E-state index contributed by atoms with van der Waals surface area (Å²) < 4.78 is 0. The molecule has 0 saturated carbocycles. The molecule has 1 unspecified atom stereocenters. The van der Waals surface area contributed by atoms with Crippen LogP contribution in [0.15, 0.2) is 29.2 Å². The summed E-state index contributed by atoms with van der Waals surface area (Å²) in [6, 6.07) is 8.62. The van der Waals surface area contributed by atoms with Crippen molar-refractivity contribution >= 4 is 11.8 Å². The summed E-state index contributed by atoms with van der Waals surface area (Å²) in [5.41, 5.74) is 7.92. The lowest BCUT2D eigenvalue weighted by atomic mass is 9.87. The number of thioether (sulfide) groups is 1. The molecule has 2 N–H and O–H groups in total. The first-order chi connectivity index (χ1) is 7.44. The zero-order chi connectivity index (χ0) is 12.2. The molecule has 0 aliphatic heterocycles. The van der Waals surface area contributed by atoms with Gasteiger partial charge in [0.05, 0.1) is 0 Å². The zero-order valence-electron chi connectivity index (χ0n) is 10.8. The molecule has 0 radical (unpaired) electrons. The van der Waals surface area contributed by atoms with Gasteiger partial charge < -0.3 is 5.73 Å². The normalized spacial score (nSPS) is 13.8. The highest BCUT2D eigenvalue weighted by Crippen LogP contribution is 2.30. The van der Waals surface area contributed by atoms with Crippen LogP contribution in [0.2, 0.25) is 0 Å². The lowest BCUT2D eigenvalue weighted by molar-refractivity contribution is 0.349. The Morgan fingerprint density at radius 3 is 2.44 bits per heavy atom. The highest BCUT2D eigenvalue weighted by molar-refractivity contribution is 7.98. The van der Waals surface area contributed by atoms with E-state index in [1.807, 2.05) is 0 Å². The summed E-state index contributed by atoms with van der Waals surface area (Å²) in [7, 11) is 0. The minimum atomic E-state index is 0.169. The van der Waals surface area contributed by atoms with Crippen LogP contribution in [0, 0.1) is 5.41 Å². The fraction of sp³-hybridized carbons (Fsp3) is 0.571. The topological polar surface area (TPSA) is 26.0 Å². The highest BCUT2D eigenvalue weighted by Gasteiger charge is 2.15. The van der Waals surface area contributed by atoms with E-state index in [2.05, 4.69) is 51.3 Å². The van der Waals surface area contributed by atoms with E-state index in [9.17, 15) is 0 Å². The van der Waals surface area contributed by atoms with E-state index >= 15 is 0 Å². The second kappa shape index (κ2) is 5.74. The molecule has 0 bridgehead atoms. The fourth-order valence-corrected chi connectivity index (χ4v) is 2.39. The van der Waals surface area contributed by atoms with Gasteiger partial charge in [-0.25, -0.2) is 0 Å². The second-order valence-corrected chi connectivity index (χ2v) is 6.30. The lowest BCUT2D eigenvalue weighted by Gasteiger charge is -2.22. The summed E-state index contributed by atoms with van der Waals surface area (Å²) in [6.45, 7) is 6.79. The Hall–Kier alpha value is -0.470. The van der Waals surface area contributed by atoms with E-state index in [0.717, 1.165) is 12.8 Å². The van der Waals surface area contributed by atoms with Gasteiger partial charge in [-0.1, -0.05) is 39.0 Å². The Bertz CT molecular complexity index is 328. The first-order valence-corrected chi connectivity index (χ1v) is 7.05. The molecule has 0 aromatic heterocycles. The van der Waals surface area contributed by atoms with Gasteiger partial charge in [0.2, 0.25) is 0 Å². The predicted octanol–water partition coefficient (Wildman–Crippen LogP) is 4.23. The van der Waals surface area contributed by atoms with Crippen molar-refractivity contribution in [1.29, 1.82) is 0 Å². The minimum absolute atomic E-state index is 0.169. The van der Waals surface area contributed by atoms with Crippen LogP contribution >= 0.6 is 11.8 Å². The van der Waals surface area contributed by atoms with Crippen LogP contribution in [0.5, 0.6) is 0 Å². The van der Waals surface area contributed by atoms with Crippen molar-refractivity contribution in [3.05, 3.63) is 29.8 Å². The first kappa shape index (κ1) is 13.6. The summed E-state index contributed by atoms with van der Waals surface area (Å²) in [4.78, 5) is 1.31. The van der Waals surface area contributed by atoms with Crippen molar-refractivity contribution in [2.75, 3.05) is 6.26 Å². The average Bonchev–Trinajstić information content (AvgIpc) is 2.25. The maximum atomic E-state index is 6.27. The molecule has 16 heavy (non-hydrogen) atoms. The number of benzene rings is 1. The molecule has 0 heterocycles. The maximum absolute atomic E-state index is 6.27. The number of nitrogens with two attached hydrogens (primary N) is 1. The van der Waals surface area contributed by atoms with Crippen molar-refractivity contribution < 1.29 is 0 Å². The molecule has 2 heteroatoms. The Balaban J connectivity index is 2.69. The van der Waals surface area contributed by atoms with Gasteiger partial charge in [-0.2, -0.15) is 0 Å². The van der Waals surface area contributed by atoms with Gasteiger partial charge in [0.15, 0.2) is 0 Å². The molecule has 1 aromatic rings. The van der Waals surface area contributed by atoms with E-state index in [1.165, 1.54) is 10.5 Å². The Kier molecular flexibility index (Phi) is 4.88. The number of rotatable bonds is 4. The van der Waals surface area contributed by atoms with Crippen molar-refractivity contribution in [3.63, 3.8) is 0 Å². The van der Waals surface area contributed by atoms with Crippen LogP contribution in [-0.4, -0.2) is 6.26 Å². The average molecular weight is 237 g/mol. The molecule has 1 atom stereocenters. The smallest absolute Gasteiger partial charge is 0.0306 e. The largest absolute Gasteiger partial charge is 0.324 e. The van der Waals surface area contributed by atoms with Crippen molar-refractivity contribution in [1.82, 2.24) is 0 Å². The maximum Gasteiger partial charge on any atom is 0.0306 e. The van der Waals surface area contributed by atoms with E-state index in [0.29, 0.717) is 5.41 Å². The fourth-order valence-electron chi connectivity index (χ4n) is 1.72. The Morgan fingerprint density at radius 2 is 1.88 bits per heavy atom. The van der Waals surface area contributed by atoms with Gasteiger partial charge in [-0.05, 0) is 36.1 Å². The molecule has 0 spiro atoms. The van der Waals surface area contributed by atoms with Gasteiger partial charge in [-0.15, -0.1) is 11.8 Å². The molecule has 0 saturated heterocycles. The van der Waals surface area contributed by atoms with Crippen LogP contribution in [0.4, 0.5) is 0 Å². The minimum Gasteiger partial charge on any atom is -0.324 e. The molecular formula is C14H23NS. The number of hydrogen-bond donors (Lipinski definition) is 1. The molecular weight excluding hydrogens is 214 g/mol. The Labute approximate surface area is 104 Å². The van der Waals surface area contributed by atoms with Gasteiger partial charge in [0.25, 0.3) is 0 Å². The third-order valence-electron chi connectivity index (χ3n) is 2.74. The van der Waals surface area contributed by atoms with Crippen LogP contribution < -0.4 is 5.73 Å². The number of hydrogen-bond acceptors (Lipinski definition) is 2. The van der Waals surface area contributed by atoms with Crippen LogP contribution in [0.25, 0.3) is 0 Å². The van der Waals surface area contributed by atoms with Gasteiger partial charge >= 0.3 is 0 Å². The SMILES string of the molecule is CSc1ccccc1C(N)CCC(C)(C)C. The second-order valence-electron chi connectivity index (χ2n) is 5.45. The summed E-state index contributed by atoms with van der Waals surface area (Å²) in [5, 5.41) is 0. The molecule has 0 aliphatic rings. The van der Waals surface area contributed by atoms with Crippen LogP contribution in [-0.2, 0) is 0 Å².